The van der Waals surface area contributed by atoms with Gasteiger partial charge in [-0.2, -0.15) is 8.75 Å². The van der Waals surface area contributed by atoms with Crippen molar-refractivity contribution in [2.75, 3.05) is 13.7 Å². The second-order valence-corrected chi connectivity index (χ2v) is 7.47. The van der Waals surface area contributed by atoms with E-state index in [2.05, 4.69) is 14.8 Å². The van der Waals surface area contributed by atoms with Crippen LogP contribution < -0.4 is 4.74 Å². The molecule has 1 saturated carbocycles. The van der Waals surface area contributed by atoms with E-state index in [1.54, 1.807) is 0 Å². The van der Waals surface area contributed by atoms with E-state index in [-0.39, 0.29) is 11.9 Å². The summed E-state index contributed by atoms with van der Waals surface area (Å²) >= 11 is 1.21. The molecule has 0 aliphatic heterocycles. The van der Waals surface area contributed by atoms with E-state index in [4.69, 9.17) is 9.47 Å². The Labute approximate surface area is 162 Å². The van der Waals surface area contributed by atoms with E-state index >= 15 is 0 Å². The van der Waals surface area contributed by atoms with Gasteiger partial charge in [0.2, 0.25) is 0 Å². The zero-order chi connectivity index (χ0) is 18.8. The van der Waals surface area contributed by atoms with Crippen LogP contribution in [-0.4, -0.2) is 28.4 Å². The molecule has 0 radical (unpaired) electrons. The van der Waals surface area contributed by atoms with Gasteiger partial charge in [0.25, 0.3) is 0 Å². The maximum atomic E-state index is 12.5. The quantitative estimate of drug-likeness (QED) is 0.549. The fourth-order valence-electron chi connectivity index (χ4n) is 3.40. The minimum Gasteiger partial charge on any atom is -0.494 e. The molecule has 0 amide bonds. The Balaban J connectivity index is 1.77. The van der Waals surface area contributed by atoms with Crippen molar-refractivity contribution in [3.8, 4) is 16.9 Å². The summed E-state index contributed by atoms with van der Waals surface area (Å²) in [6, 6.07) is 12.1. The fourth-order valence-corrected chi connectivity index (χ4v) is 3.92. The lowest BCUT2D eigenvalue weighted by molar-refractivity contribution is -0.142. The molecule has 1 aromatic heterocycles. The Hall–Kier alpha value is -2.47. The third-order valence-corrected chi connectivity index (χ3v) is 5.54. The molecule has 2 aromatic carbocycles. The largest absolute Gasteiger partial charge is 0.494 e. The third-order valence-electron chi connectivity index (χ3n) is 4.98. The number of ether oxygens (including phenoxy) is 2. The summed E-state index contributed by atoms with van der Waals surface area (Å²) < 4.78 is 19.5. The highest BCUT2D eigenvalue weighted by molar-refractivity contribution is 7.00. The topological polar surface area (TPSA) is 61.3 Å². The molecule has 27 heavy (non-hydrogen) atoms. The number of hydrogen-bond acceptors (Lipinski definition) is 6. The molecule has 6 heteroatoms. The van der Waals surface area contributed by atoms with Crippen LogP contribution in [-0.2, 0) is 9.53 Å². The van der Waals surface area contributed by atoms with Crippen LogP contribution in [0, 0.1) is 5.92 Å². The predicted molar refractivity (Wildman–Crippen MR) is 106 cm³/mol. The highest BCUT2D eigenvalue weighted by Gasteiger charge is 2.31. The Bertz CT molecular complexity index is 965. The number of nitrogens with zero attached hydrogens (tertiary/aromatic N) is 2. The molecule has 1 atom stereocenters. The summed E-state index contributed by atoms with van der Waals surface area (Å²) in [5.74, 6) is 0.948. The molecule has 1 unspecified atom stereocenters. The lowest BCUT2D eigenvalue weighted by Gasteiger charge is -2.18. The van der Waals surface area contributed by atoms with Gasteiger partial charge in [0.05, 0.1) is 31.4 Å². The van der Waals surface area contributed by atoms with Crippen molar-refractivity contribution in [1.29, 1.82) is 0 Å². The molecular formula is C21H22N2O3S. The van der Waals surface area contributed by atoms with Crippen LogP contribution in [0.25, 0.3) is 22.2 Å². The van der Waals surface area contributed by atoms with Gasteiger partial charge in [-0.1, -0.05) is 25.0 Å². The van der Waals surface area contributed by atoms with Crippen molar-refractivity contribution in [3.05, 3.63) is 42.0 Å². The number of benzene rings is 2. The van der Waals surface area contributed by atoms with Gasteiger partial charge in [-0.25, -0.2) is 0 Å². The van der Waals surface area contributed by atoms with Crippen molar-refractivity contribution in [1.82, 2.24) is 8.75 Å². The average Bonchev–Trinajstić information content (AvgIpc) is 3.39. The van der Waals surface area contributed by atoms with E-state index in [0.717, 1.165) is 39.9 Å². The minimum atomic E-state index is -0.258. The molecule has 4 rings (SSSR count). The second kappa shape index (κ2) is 7.64. The van der Waals surface area contributed by atoms with Crippen LogP contribution in [0.3, 0.4) is 0 Å². The molecule has 1 aliphatic rings. The third kappa shape index (κ3) is 3.95. The van der Waals surface area contributed by atoms with E-state index in [1.165, 1.54) is 31.7 Å². The number of hydrogen-bond donors (Lipinski definition) is 0. The van der Waals surface area contributed by atoms with E-state index < -0.39 is 0 Å². The summed E-state index contributed by atoms with van der Waals surface area (Å²) in [6.07, 6.45) is 3.22. The van der Waals surface area contributed by atoms with Gasteiger partial charge in [-0.3, -0.25) is 4.79 Å². The number of rotatable bonds is 7. The Morgan fingerprint density at radius 3 is 2.70 bits per heavy atom. The first-order valence-electron chi connectivity index (χ1n) is 9.26. The Morgan fingerprint density at radius 2 is 1.96 bits per heavy atom. The summed E-state index contributed by atoms with van der Waals surface area (Å²) in [7, 11) is 1.46. The SMILES string of the molecule is CCOc1cc(-c2ccc3nsnc3c2)cc(C(CC2CC2)C(=O)OC)c1. The molecule has 3 aromatic rings. The van der Waals surface area contributed by atoms with Crippen molar-refractivity contribution >= 4 is 28.7 Å². The number of methoxy groups -OCH3 is 1. The fraction of sp³-hybridized carbons (Fsp3) is 0.381. The first-order chi connectivity index (χ1) is 13.2. The van der Waals surface area contributed by atoms with Crippen LogP contribution in [0.4, 0.5) is 0 Å². The highest BCUT2D eigenvalue weighted by Crippen LogP contribution is 2.41. The van der Waals surface area contributed by atoms with Crippen molar-refractivity contribution in [3.63, 3.8) is 0 Å². The van der Waals surface area contributed by atoms with Gasteiger partial charge in [0, 0.05) is 0 Å². The van der Waals surface area contributed by atoms with Gasteiger partial charge >= 0.3 is 5.97 Å². The molecule has 140 valence electrons. The highest BCUT2D eigenvalue weighted by atomic mass is 32.1. The van der Waals surface area contributed by atoms with E-state index in [9.17, 15) is 4.79 Å². The Kier molecular flexibility index (Phi) is 5.07. The van der Waals surface area contributed by atoms with Crippen LogP contribution >= 0.6 is 11.7 Å². The van der Waals surface area contributed by atoms with Gasteiger partial charge in [0.1, 0.15) is 16.8 Å². The van der Waals surface area contributed by atoms with Crippen molar-refractivity contribution in [2.45, 2.75) is 32.1 Å². The molecule has 0 N–H and O–H groups in total. The standard InChI is InChI=1S/C21H22N2O3S/c1-3-26-17-10-15(14-6-7-19-20(12-14)23-27-22-19)9-16(11-17)18(21(24)25-2)8-13-4-5-13/h6-7,9-13,18H,3-5,8H2,1-2H3. The van der Waals surface area contributed by atoms with Crippen LogP contribution in [0.2, 0.25) is 0 Å². The molecule has 1 fully saturated rings. The summed E-state index contributed by atoms with van der Waals surface area (Å²) in [5.41, 5.74) is 4.77. The van der Waals surface area contributed by atoms with Crippen LogP contribution in [0.15, 0.2) is 36.4 Å². The molecule has 0 spiro atoms. The lowest BCUT2D eigenvalue weighted by atomic mass is 9.90. The average molecular weight is 382 g/mol. The normalized spacial score (nSPS) is 14.9. The Morgan fingerprint density at radius 1 is 1.15 bits per heavy atom. The number of fused-ring (bicyclic) bond motifs is 1. The molecule has 0 bridgehead atoms. The first-order valence-corrected chi connectivity index (χ1v) is 9.99. The van der Waals surface area contributed by atoms with Gasteiger partial charge in [-0.05, 0) is 60.2 Å². The van der Waals surface area contributed by atoms with Gasteiger partial charge in [-0.15, -0.1) is 0 Å². The molecular weight excluding hydrogens is 360 g/mol. The molecule has 1 aliphatic carbocycles. The first kappa shape index (κ1) is 17.9. The van der Waals surface area contributed by atoms with Crippen molar-refractivity contribution < 1.29 is 14.3 Å². The minimum absolute atomic E-state index is 0.180. The summed E-state index contributed by atoms with van der Waals surface area (Å²) in [6.45, 7) is 2.53. The summed E-state index contributed by atoms with van der Waals surface area (Å²) in [5, 5.41) is 0. The van der Waals surface area contributed by atoms with Gasteiger partial charge < -0.3 is 9.47 Å². The number of esters is 1. The molecule has 1 heterocycles. The monoisotopic (exact) mass is 382 g/mol. The number of carbonyl (C=O) groups excluding carboxylic acids is 1. The molecule has 0 saturated heterocycles. The number of aromatic nitrogens is 2. The molecule has 5 nitrogen and oxygen atoms in total. The lowest BCUT2D eigenvalue weighted by Crippen LogP contribution is -2.15. The smallest absolute Gasteiger partial charge is 0.313 e. The predicted octanol–water partition coefficient (Wildman–Crippen LogP) is 4.81. The second-order valence-electron chi connectivity index (χ2n) is 6.95. The summed E-state index contributed by atoms with van der Waals surface area (Å²) in [4.78, 5) is 12.5. The van der Waals surface area contributed by atoms with Crippen molar-refractivity contribution in [2.24, 2.45) is 5.92 Å². The maximum absolute atomic E-state index is 12.5. The van der Waals surface area contributed by atoms with Crippen LogP contribution in [0.1, 0.15) is 37.7 Å². The van der Waals surface area contributed by atoms with Gasteiger partial charge in [0.15, 0.2) is 0 Å². The zero-order valence-electron chi connectivity index (χ0n) is 15.5. The van der Waals surface area contributed by atoms with E-state index in [0.29, 0.717) is 12.5 Å². The maximum Gasteiger partial charge on any atom is 0.313 e. The van der Waals surface area contributed by atoms with Crippen LogP contribution in [0.5, 0.6) is 5.75 Å². The van der Waals surface area contributed by atoms with E-state index in [1.807, 2.05) is 37.3 Å². The zero-order valence-corrected chi connectivity index (χ0v) is 16.3. The number of carbonyl (C=O) groups is 1.